The molecule has 0 aromatic rings. The first kappa shape index (κ1) is 14.3. The molecule has 6 nitrogen and oxygen atoms in total. The Morgan fingerprint density at radius 2 is 1.95 bits per heavy atom. The van der Waals surface area contributed by atoms with Crippen molar-refractivity contribution in [3.63, 3.8) is 0 Å². The molecular formula is C13H22N2O4. The van der Waals surface area contributed by atoms with Gasteiger partial charge in [-0.3, -0.25) is 14.5 Å². The fraction of sp³-hybridized carbons (Fsp3) is 0.846. The van der Waals surface area contributed by atoms with E-state index in [2.05, 4.69) is 0 Å². The SMILES string of the molecule is CC1CCCN(CC(=O)N2CCOCC2)C1C(=O)O. The summed E-state index contributed by atoms with van der Waals surface area (Å²) in [7, 11) is 0. The zero-order chi connectivity index (χ0) is 13.8. The van der Waals surface area contributed by atoms with Gasteiger partial charge in [-0.05, 0) is 25.3 Å². The van der Waals surface area contributed by atoms with Gasteiger partial charge in [-0.2, -0.15) is 0 Å². The summed E-state index contributed by atoms with van der Waals surface area (Å²) < 4.78 is 5.21. The van der Waals surface area contributed by atoms with Crippen LogP contribution in [0.3, 0.4) is 0 Å². The Balaban J connectivity index is 1.95. The van der Waals surface area contributed by atoms with Gasteiger partial charge in [0.2, 0.25) is 5.91 Å². The summed E-state index contributed by atoms with van der Waals surface area (Å²) in [5.41, 5.74) is 0. The summed E-state index contributed by atoms with van der Waals surface area (Å²) in [6.45, 7) is 5.22. The zero-order valence-electron chi connectivity index (χ0n) is 11.4. The van der Waals surface area contributed by atoms with E-state index in [9.17, 15) is 14.7 Å². The van der Waals surface area contributed by atoms with E-state index in [1.54, 1.807) is 4.90 Å². The smallest absolute Gasteiger partial charge is 0.321 e. The molecule has 0 saturated carbocycles. The monoisotopic (exact) mass is 270 g/mol. The van der Waals surface area contributed by atoms with Crippen LogP contribution in [0.1, 0.15) is 19.8 Å². The lowest BCUT2D eigenvalue weighted by molar-refractivity contribution is -0.149. The van der Waals surface area contributed by atoms with Gasteiger partial charge >= 0.3 is 5.97 Å². The molecule has 0 spiro atoms. The van der Waals surface area contributed by atoms with E-state index >= 15 is 0 Å². The maximum absolute atomic E-state index is 12.2. The van der Waals surface area contributed by atoms with E-state index < -0.39 is 12.0 Å². The van der Waals surface area contributed by atoms with Crippen molar-refractivity contribution in [2.75, 3.05) is 39.4 Å². The van der Waals surface area contributed by atoms with E-state index in [1.807, 2.05) is 11.8 Å². The van der Waals surface area contributed by atoms with Gasteiger partial charge in [0, 0.05) is 13.1 Å². The highest BCUT2D eigenvalue weighted by molar-refractivity contribution is 5.80. The van der Waals surface area contributed by atoms with Crippen LogP contribution in [0.4, 0.5) is 0 Å². The quantitative estimate of drug-likeness (QED) is 0.783. The lowest BCUT2D eigenvalue weighted by Crippen LogP contribution is -2.54. The van der Waals surface area contributed by atoms with Crippen LogP contribution in [0.15, 0.2) is 0 Å². The Morgan fingerprint density at radius 3 is 2.58 bits per heavy atom. The number of carboxylic acid groups (broad SMARTS) is 1. The Bertz CT molecular complexity index is 342. The minimum absolute atomic E-state index is 0.0173. The second-order valence-corrected chi connectivity index (χ2v) is 5.37. The molecule has 2 heterocycles. The molecule has 2 rings (SSSR count). The molecule has 2 fully saturated rings. The fourth-order valence-electron chi connectivity index (χ4n) is 2.94. The van der Waals surface area contributed by atoms with Crippen molar-refractivity contribution in [3.05, 3.63) is 0 Å². The molecule has 108 valence electrons. The second kappa shape index (κ2) is 6.34. The highest BCUT2D eigenvalue weighted by atomic mass is 16.5. The van der Waals surface area contributed by atoms with Crippen LogP contribution >= 0.6 is 0 Å². The molecule has 6 heteroatoms. The number of morpholine rings is 1. The first-order chi connectivity index (χ1) is 9.09. The van der Waals surface area contributed by atoms with Crippen molar-refractivity contribution >= 4 is 11.9 Å². The van der Waals surface area contributed by atoms with Crippen LogP contribution in [0, 0.1) is 5.92 Å². The molecule has 0 radical (unpaired) electrons. The van der Waals surface area contributed by atoms with Gasteiger partial charge in [-0.15, -0.1) is 0 Å². The maximum atomic E-state index is 12.2. The summed E-state index contributed by atoms with van der Waals surface area (Å²) in [4.78, 5) is 27.1. The number of amides is 1. The number of piperidine rings is 1. The summed E-state index contributed by atoms with van der Waals surface area (Å²) in [5.74, 6) is -0.700. The van der Waals surface area contributed by atoms with Gasteiger partial charge in [0.15, 0.2) is 0 Å². The van der Waals surface area contributed by atoms with Gasteiger partial charge in [0.1, 0.15) is 6.04 Å². The molecule has 2 atom stereocenters. The number of likely N-dealkylation sites (tertiary alicyclic amines) is 1. The number of hydrogen-bond acceptors (Lipinski definition) is 4. The average molecular weight is 270 g/mol. The van der Waals surface area contributed by atoms with Crippen LogP contribution < -0.4 is 0 Å². The highest BCUT2D eigenvalue weighted by Crippen LogP contribution is 2.23. The molecule has 2 unspecified atom stereocenters. The maximum Gasteiger partial charge on any atom is 0.321 e. The van der Waals surface area contributed by atoms with E-state index in [4.69, 9.17) is 4.74 Å². The number of hydrogen-bond donors (Lipinski definition) is 1. The minimum Gasteiger partial charge on any atom is -0.480 e. The topological polar surface area (TPSA) is 70.1 Å². The van der Waals surface area contributed by atoms with Gasteiger partial charge in [-0.25, -0.2) is 0 Å². The number of carbonyl (C=O) groups is 2. The van der Waals surface area contributed by atoms with Crippen molar-refractivity contribution < 1.29 is 19.4 Å². The van der Waals surface area contributed by atoms with Crippen LogP contribution in [0.2, 0.25) is 0 Å². The van der Waals surface area contributed by atoms with Crippen LogP contribution in [-0.2, 0) is 14.3 Å². The van der Waals surface area contributed by atoms with E-state index in [-0.39, 0.29) is 18.4 Å². The third-order valence-electron chi connectivity index (χ3n) is 3.99. The first-order valence-corrected chi connectivity index (χ1v) is 6.92. The standard InChI is InChI=1S/C13H22N2O4/c1-10-3-2-4-15(12(10)13(17)18)9-11(16)14-5-7-19-8-6-14/h10,12H,2-9H2,1H3,(H,17,18). The van der Waals surface area contributed by atoms with Crippen molar-refractivity contribution in [3.8, 4) is 0 Å². The normalized spacial score (nSPS) is 29.2. The summed E-state index contributed by atoms with van der Waals surface area (Å²) >= 11 is 0. The molecule has 0 aliphatic carbocycles. The molecule has 2 aliphatic heterocycles. The molecule has 2 saturated heterocycles. The van der Waals surface area contributed by atoms with E-state index in [0.29, 0.717) is 32.8 Å². The lowest BCUT2D eigenvalue weighted by atomic mass is 9.91. The fourth-order valence-corrected chi connectivity index (χ4v) is 2.94. The highest BCUT2D eigenvalue weighted by Gasteiger charge is 2.35. The molecule has 1 N–H and O–H groups in total. The van der Waals surface area contributed by atoms with Crippen LogP contribution in [0.5, 0.6) is 0 Å². The Labute approximate surface area is 113 Å². The van der Waals surface area contributed by atoms with Crippen LogP contribution in [-0.4, -0.2) is 72.2 Å². The minimum atomic E-state index is -0.818. The summed E-state index contributed by atoms with van der Waals surface area (Å²) in [5, 5.41) is 9.32. The Hall–Kier alpha value is -1.14. The average Bonchev–Trinajstić information content (AvgIpc) is 2.39. The van der Waals surface area contributed by atoms with E-state index in [0.717, 1.165) is 12.8 Å². The van der Waals surface area contributed by atoms with Crippen molar-refractivity contribution in [2.24, 2.45) is 5.92 Å². The Morgan fingerprint density at radius 1 is 1.26 bits per heavy atom. The molecule has 0 bridgehead atoms. The van der Waals surface area contributed by atoms with Gasteiger partial charge in [-0.1, -0.05) is 6.92 Å². The van der Waals surface area contributed by atoms with Gasteiger partial charge in [0.25, 0.3) is 0 Å². The molecule has 1 amide bonds. The first-order valence-electron chi connectivity index (χ1n) is 6.92. The van der Waals surface area contributed by atoms with Crippen molar-refractivity contribution in [1.29, 1.82) is 0 Å². The van der Waals surface area contributed by atoms with Gasteiger partial charge in [0.05, 0.1) is 19.8 Å². The molecule has 0 aromatic carbocycles. The van der Waals surface area contributed by atoms with E-state index in [1.165, 1.54) is 0 Å². The predicted octanol–water partition coefficient (Wildman–Crippen LogP) is 0.0303. The molecule has 0 aromatic heterocycles. The van der Waals surface area contributed by atoms with Gasteiger partial charge < -0.3 is 14.7 Å². The molecule has 19 heavy (non-hydrogen) atoms. The van der Waals surface area contributed by atoms with Crippen molar-refractivity contribution in [2.45, 2.75) is 25.8 Å². The number of carbonyl (C=O) groups excluding carboxylic acids is 1. The lowest BCUT2D eigenvalue weighted by Gasteiger charge is -2.38. The second-order valence-electron chi connectivity index (χ2n) is 5.37. The number of ether oxygens (including phenoxy) is 1. The number of nitrogens with zero attached hydrogens (tertiary/aromatic N) is 2. The number of carboxylic acids is 1. The predicted molar refractivity (Wildman–Crippen MR) is 68.8 cm³/mol. The largest absolute Gasteiger partial charge is 0.480 e. The van der Waals surface area contributed by atoms with Crippen LogP contribution in [0.25, 0.3) is 0 Å². The van der Waals surface area contributed by atoms with Crippen molar-refractivity contribution in [1.82, 2.24) is 9.80 Å². The number of aliphatic carboxylic acids is 1. The summed E-state index contributed by atoms with van der Waals surface area (Å²) in [6.07, 6.45) is 1.88. The third-order valence-corrected chi connectivity index (χ3v) is 3.99. The number of rotatable bonds is 3. The molecular weight excluding hydrogens is 248 g/mol. The third kappa shape index (κ3) is 3.45. The summed E-state index contributed by atoms with van der Waals surface area (Å²) in [6, 6.07) is -0.529. The zero-order valence-corrected chi connectivity index (χ0v) is 11.4. The Kier molecular flexibility index (Phi) is 4.76. The molecule has 2 aliphatic rings.